The Hall–Kier alpha value is -1.88. The van der Waals surface area contributed by atoms with E-state index in [0.717, 1.165) is 11.3 Å². The van der Waals surface area contributed by atoms with Crippen LogP contribution in [0, 0.1) is 0 Å². The molecule has 1 heterocycles. The van der Waals surface area contributed by atoms with Gasteiger partial charge in [0.25, 0.3) is 0 Å². The van der Waals surface area contributed by atoms with E-state index in [1.807, 2.05) is 31.2 Å². The second kappa shape index (κ2) is 5.84. The number of nitrogens with zero attached hydrogens (tertiary/aromatic N) is 1. The Morgan fingerprint density at radius 3 is 2.63 bits per heavy atom. The van der Waals surface area contributed by atoms with Crippen LogP contribution in [-0.4, -0.2) is 29.4 Å². The van der Waals surface area contributed by atoms with Gasteiger partial charge in [-0.15, -0.1) is 0 Å². The van der Waals surface area contributed by atoms with Gasteiger partial charge in [0.15, 0.2) is 0 Å². The molecule has 0 spiro atoms. The molecule has 0 bridgehead atoms. The lowest BCUT2D eigenvalue weighted by Gasteiger charge is -2.28. The maximum Gasteiger partial charge on any atom is 0.246 e. The molecule has 5 heteroatoms. The standard InChI is InChI=1S/C14H18N2O3/c1-2-19-11-5-3-10(4-6-11)9-16-13(17)8-7-12(15)14(16)18/h3-6,12H,2,7-9,15H2,1H3. The average Bonchev–Trinajstić information content (AvgIpc) is 2.41. The van der Waals surface area contributed by atoms with Crippen molar-refractivity contribution in [2.45, 2.75) is 32.4 Å². The Bertz CT molecular complexity index is 470. The maximum absolute atomic E-state index is 11.9. The summed E-state index contributed by atoms with van der Waals surface area (Å²) in [4.78, 5) is 24.9. The topological polar surface area (TPSA) is 72.6 Å². The molecule has 1 aliphatic rings. The molecule has 1 fully saturated rings. The number of carbonyl (C=O) groups excluding carboxylic acids is 2. The van der Waals surface area contributed by atoms with Gasteiger partial charge < -0.3 is 10.5 Å². The van der Waals surface area contributed by atoms with E-state index in [0.29, 0.717) is 19.4 Å². The van der Waals surface area contributed by atoms with Crippen LogP contribution in [0.1, 0.15) is 25.3 Å². The van der Waals surface area contributed by atoms with E-state index in [2.05, 4.69) is 0 Å². The van der Waals surface area contributed by atoms with Crippen LogP contribution in [0.3, 0.4) is 0 Å². The molecule has 1 saturated heterocycles. The zero-order valence-electron chi connectivity index (χ0n) is 11.0. The molecule has 1 unspecified atom stereocenters. The lowest BCUT2D eigenvalue weighted by molar-refractivity contribution is -0.149. The number of hydrogen-bond donors (Lipinski definition) is 1. The minimum atomic E-state index is -0.555. The monoisotopic (exact) mass is 262 g/mol. The van der Waals surface area contributed by atoms with Crippen molar-refractivity contribution in [1.82, 2.24) is 4.90 Å². The first-order valence-corrected chi connectivity index (χ1v) is 6.43. The fourth-order valence-corrected chi connectivity index (χ4v) is 2.07. The molecule has 1 atom stereocenters. The predicted octanol–water partition coefficient (Wildman–Crippen LogP) is 1.06. The number of amides is 2. The van der Waals surface area contributed by atoms with E-state index >= 15 is 0 Å². The van der Waals surface area contributed by atoms with Gasteiger partial charge in [-0.2, -0.15) is 0 Å². The molecule has 1 aromatic rings. The fourth-order valence-electron chi connectivity index (χ4n) is 2.07. The van der Waals surface area contributed by atoms with Gasteiger partial charge in [0, 0.05) is 6.42 Å². The van der Waals surface area contributed by atoms with Crippen molar-refractivity contribution < 1.29 is 14.3 Å². The molecule has 2 amide bonds. The summed E-state index contributed by atoms with van der Waals surface area (Å²) in [5.41, 5.74) is 6.57. The molecule has 19 heavy (non-hydrogen) atoms. The number of nitrogens with two attached hydrogens (primary N) is 1. The van der Waals surface area contributed by atoms with Crippen LogP contribution >= 0.6 is 0 Å². The van der Waals surface area contributed by atoms with Crippen LogP contribution in [0.25, 0.3) is 0 Å². The highest BCUT2D eigenvalue weighted by Gasteiger charge is 2.31. The summed E-state index contributed by atoms with van der Waals surface area (Å²) in [6.45, 7) is 2.80. The minimum Gasteiger partial charge on any atom is -0.494 e. The summed E-state index contributed by atoms with van der Waals surface area (Å²) in [5.74, 6) is 0.338. The van der Waals surface area contributed by atoms with Crippen molar-refractivity contribution in [3.8, 4) is 5.75 Å². The molecule has 0 aliphatic carbocycles. The second-order valence-corrected chi connectivity index (χ2v) is 4.54. The van der Waals surface area contributed by atoms with Crippen LogP contribution in [0.4, 0.5) is 0 Å². The van der Waals surface area contributed by atoms with Crippen molar-refractivity contribution in [1.29, 1.82) is 0 Å². The number of ether oxygens (including phenoxy) is 1. The van der Waals surface area contributed by atoms with Crippen LogP contribution in [0.2, 0.25) is 0 Å². The molecular formula is C14H18N2O3. The smallest absolute Gasteiger partial charge is 0.246 e. The van der Waals surface area contributed by atoms with E-state index in [1.165, 1.54) is 4.90 Å². The maximum atomic E-state index is 11.9. The van der Waals surface area contributed by atoms with Gasteiger partial charge in [0.05, 0.1) is 19.2 Å². The van der Waals surface area contributed by atoms with E-state index in [1.54, 1.807) is 0 Å². The summed E-state index contributed by atoms with van der Waals surface area (Å²) in [6.07, 6.45) is 0.779. The van der Waals surface area contributed by atoms with Crippen LogP contribution in [-0.2, 0) is 16.1 Å². The molecule has 0 saturated carbocycles. The van der Waals surface area contributed by atoms with Crippen LogP contribution in [0.15, 0.2) is 24.3 Å². The largest absolute Gasteiger partial charge is 0.494 e. The fraction of sp³-hybridized carbons (Fsp3) is 0.429. The second-order valence-electron chi connectivity index (χ2n) is 4.54. The van der Waals surface area contributed by atoms with Crippen LogP contribution in [0.5, 0.6) is 5.75 Å². The first-order chi connectivity index (χ1) is 9.11. The van der Waals surface area contributed by atoms with Gasteiger partial charge >= 0.3 is 0 Å². The van der Waals surface area contributed by atoms with Gasteiger partial charge in [0.2, 0.25) is 11.8 Å². The van der Waals surface area contributed by atoms with Crippen molar-refractivity contribution >= 4 is 11.8 Å². The highest BCUT2D eigenvalue weighted by molar-refractivity contribution is 6.00. The number of imide groups is 1. The zero-order chi connectivity index (χ0) is 13.8. The molecule has 2 N–H and O–H groups in total. The Labute approximate surface area is 112 Å². The van der Waals surface area contributed by atoms with Gasteiger partial charge in [-0.1, -0.05) is 12.1 Å². The third-order valence-electron chi connectivity index (χ3n) is 3.13. The normalized spacial score (nSPS) is 19.7. The number of piperidine rings is 1. The van der Waals surface area contributed by atoms with Gasteiger partial charge in [-0.3, -0.25) is 14.5 Å². The molecule has 102 valence electrons. The van der Waals surface area contributed by atoms with Gasteiger partial charge in [-0.05, 0) is 31.0 Å². The number of carbonyl (C=O) groups is 2. The van der Waals surface area contributed by atoms with Crippen molar-refractivity contribution in [3.63, 3.8) is 0 Å². The molecule has 0 aromatic heterocycles. The third-order valence-corrected chi connectivity index (χ3v) is 3.13. The lowest BCUT2D eigenvalue weighted by Crippen LogP contribution is -2.50. The van der Waals surface area contributed by atoms with Gasteiger partial charge in [0.1, 0.15) is 5.75 Å². The summed E-state index contributed by atoms with van der Waals surface area (Å²) in [5, 5.41) is 0. The molecular weight excluding hydrogens is 244 g/mol. The lowest BCUT2D eigenvalue weighted by atomic mass is 10.0. The zero-order valence-corrected chi connectivity index (χ0v) is 11.0. The Balaban J connectivity index is 2.06. The predicted molar refractivity (Wildman–Crippen MR) is 70.4 cm³/mol. The Kier molecular flexibility index (Phi) is 4.16. The number of hydrogen-bond acceptors (Lipinski definition) is 4. The Morgan fingerprint density at radius 1 is 1.32 bits per heavy atom. The molecule has 1 aromatic carbocycles. The van der Waals surface area contributed by atoms with Crippen LogP contribution < -0.4 is 10.5 Å². The van der Waals surface area contributed by atoms with Crippen molar-refractivity contribution in [2.75, 3.05) is 6.61 Å². The SMILES string of the molecule is CCOc1ccc(CN2C(=O)CCC(N)C2=O)cc1. The first-order valence-electron chi connectivity index (χ1n) is 6.43. The molecule has 0 radical (unpaired) electrons. The molecule has 5 nitrogen and oxygen atoms in total. The minimum absolute atomic E-state index is 0.152. The first kappa shape index (κ1) is 13.5. The Morgan fingerprint density at radius 2 is 2.00 bits per heavy atom. The summed E-state index contributed by atoms with van der Waals surface area (Å²) in [6, 6.07) is 6.81. The van der Waals surface area contributed by atoms with Gasteiger partial charge in [-0.25, -0.2) is 0 Å². The number of rotatable bonds is 4. The third kappa shape index (κ3) is 3.12. The van der Waals surface area contributed by atoms with E-state index in [9.17, 15) is 9.59 Å². The quantitative estimate of drug-likeness (QED) is 0.824. The highest BCUT2D eigenvalue weighted by atomic mass is 16.5. The van der Waals surface area contributed by atoms with Crippen molar-refractivity contribution in [2.24, 2.45) is 5.73 Å². The summed E-state index contributed by atoms with van der Waals surface area (Å²) < 4.78 is 5.34. The molecule has 2 rings (SSSR count). The summed E-state index contributed by atoms with van der Waals surface area (Å²) in [7, 11) is 0. The van der Waals surface area contributed by atoms with E-state index < -0.39 is 6.04 Å². The summed E-state index contributed by atoms with van der Waals surface area (Å²) >= 11 is 0. The average molecular weight is 262 g/mol. The van der Waals surface area contributed by atoms with E-state index in [4.69, 9.17) is 10.5 Å². The van der Waals surface area contributed by atoms with E-state index in [-0.39, 0.29) is 18.4 Å². The highest BCUT2D eigenvalue weighted by Crippen LogP contribution is 2.17. The van der Waals surface area contributed by atoms with Crippen molar-refractivity contribution in [3.05, 3.63) is 29.8 Å². The number of likely N-dealkylation sites (tertiary alicyclic amines) is 1. The molecule has 1 aliphatic heterocycles. The number of benzene rings is 1.